The summed E-state index contributed by atoms with van der Waals surface area (Å²) in [6, 6.07) is 10.9. The van der Waals surface area contributed by atoms with Crippen LogP contribution in [0.2, 0.25) is 0 Å². The Morgan fingerprint density at radius 1 is 1.16 bits per heavy atom. The van der Waals surface area contributed by atoms with Crippen LogP contribution in [0.15, 0.2) is 60.6 Å². The van der Waals surface area contributed by atoms with Gasteiger partial charge in [0.2, 0.25) is 0 Å². The number of nitrogen functional groups attached to an aromatic ring is 1. The Kier molecular flexibility index (Phi) is 4.91. The lowest BCUT2D eigenvalue weighted by Gasteiger charge is -2.22. The molecule has 0 spiro atoms. The third kappa shape index (κ3) is 3.31. The summed E-state index contributed by atoms with van der Waals surface area (Å²) in [5.41, 5.74) is 7.93. The van der Waals surface area contributed by atoms with Crippen LogP contribution >= 0.6 is 0 Å². The number of rotatable bonds is 5. The van der Waals surface area contributed by atoms with E-state index in [4.69, 9.17) is 10.5 Å². The van der Waals surface area contributed by atoms with E-state index in [0.29, 0.717) is 28.2 Å². The SMILES string of the molecule is CNc1ccc2ccc(OC(C)C3=CC(n4ccc5c(N)ncnc54)C(O)C3O)cc2n1. The van der Waals surface area contributed by atoms with Crippen LogP contribution in [0.5, 0.6) is 5.75 Å². The molecule has 5 rings (SSSR count). The van der Waals surface area contributed by atoms with Crippen LogP contribution in [0.1, 0.15) is 13.0 Å². The number of anilines is 2. The topological polar surface area (TPSA) is 131 Å². The maximum Gasteiger partial charge on any atom is 0.146 e. The summed E-state index contributed by atoms with van der Waals surface area (Å²) in [4.78, 5) is 12.8. The second kappa shape index (κ2) is 7.77. The first kappa shape index (κ1) is 20.2. The van der Waals surface area contributed by atoms with Gasteiger partial charge in [-0.05, 0) is 42.8 Å². The Labute approximate surface area is 184 Å². The maximum absolute atomic E-state index is 10.8. The second-order valence-corrected chi connectivity index (χ2v) is 7.87. The number of pyridine rings is 1. The van der Waals surface area contributed by atoms with Gasteiger partial charge >= 0.3 is 0 Å². The van der Waals surface area contributed by atoms with Crippen molar-refractivity contribution in [2.24, 2.45) is 0 Å². The van der Waals surface area contributed by atoms with Crippen molar-refractivity contribution in [1.82, 2.24) is 19.5 Å². The van der Waals surface area contributed by atoms with Gasteiger partial charge in [-0.1, -0.05) is 6.08 Å². The highest BCUT2D eigenvalue weighted by atomic mass is 16.5. The third-order valence-electron chi connectivity index (χ3n) is 5.94. The quantitative estimate of drug-likeness (QED) is 0.353. The molecule has 9 heteroatoms. The molecule has 5 N–H and O–H groups in total. The Morgan fingerprint density at radius 3 is 2.78 bits per heavy atom. The molecule has 9 nitrogen and oxygen atoms in total. The molecule has 3 heterocycles. The number of aliphatic hydroxyl groups is 2. The second-order valence-electron chi connectivity index (χ2n) is 7.87. The van der Waals surface area contributed by atoms with Gasteiger partial charge in [-0.25, -0.2) is 15.0 Å². The van der Waals surface area contributed by atoms with Gasteiger partial charge in [0, 0.05) is 24.7 Å². The molecular formula is C23H24N6O3. The zero-order valence-electron chi connectivity index (χ0n) is 17.7. The minimum absolute atomic E-state index is 0.369. The summed E-state index contributed by atoms with van der Waals surface area (Å²) in [7, 11) is 1.82. The number of nitrogens with zero attached hydrogens (tertiary/aromatic N) is 4. The fourth-order valence-electron chi connectivity index (χ4n) is 4.21. The van der Waals surface area contributed by atoms with E-state index in [-0.39, 0.29) is 0 Å². The van der Waals surface area contributed by atoms with E-state index in [0.717, 1.165) is 16.7 Å². The van der Waals surface area contributed by atoms with E-state index in [1.807, 2.05) is 50.4 Å². The lowest BCUT2D eigenvalue weighted by molar-refractivity contribution is 0.0253. The van der Waals surface area contributed by atoms with Crippen molar-refractivity contribution >= 4 is 33.6 Å². The largest absolute Gasteiger partial charge is 0.486 e. The summed E-state index contributed by atoms with van der Waals surface area (Å²) >= 11 is 0. The molecule has 0 fully saturated rings. The van der Waals surface area contributed by atoms with E-state index in [9.17, 15) is 10.2 Å². The highest BCUT2D eigenvalue weighted by Crippen LogP contribution is 2.35. The van der Waals surface area contributed by atoms with Gasteiger partial charge in [-0.2, -0.15) is 0 Å². The Hall–Kier alpha value is -3.69. The highest BCUT2D eigenvalue weighted by Gasteiger charge is 2.39. The lowest BCUT2D eigenvalue weighted by atomic mass is 10.1. The minimum atomic E-state index is -1.07. The number of ether oxygens (including phenoxy) is 1. The van der Waals surface area contributed by atoms with Crippen molar-refractivity contribution < 1.29 is 14.9 Å². The summed E-state index contributed by atoms with van der Waals surface area (Å²) in [6.07, 6.45) is 2.43. The van der Waals surface area contributed by atoms with Crippen LogP contribution in [0, 0.1) is 0 Å². The van der Waals surface area contributed by atoms with Crippen molar-refractivity contribution in [2.45, 2.75) is 31.3 Å². The van der Waals surface area contributed by atoms with Crippen LogP contribution < -0.4 is 15.8 Å². The number of aliphatic hydroxyl groups excluding tert-OH is 2. The van der Waals surface area contributed by atoms with Gasteiger partial charge in [0.15, 0.2) is 0 Å². The predicted molar refractivity (Wildman–Crippen MR) is 122 cm³/mol. The number of nitrogens with two attached hydrogens (primary N) is 1. The smallest absolute Gasteiger partial charge is 0.146 e. The number of hydrogen-bond donors (Lipinski definition) is 4. The molecule has 0 amide bonds. The van der Waals surface area contributed by atoms with Gasteiger partial charge < -0.3 is 30.6 Å². The number of aromatic nitrogens is 4. The molecule has 4 unspecified atom stereocenters. The fourth-order valence-corrected chi connectivity index (χ4v) is 4.21. The molecule has 4 atom stereocenters. The van der Waals surface area contributed by atoms with Gasteiger partial charge in [0.1, 0.15) is 47.7 Å². The molecule has 0 radical (unpaired) electrons. The summed E-state index contributed by atoms with van der Waals surface area (Å²) in [6.45, 7) is 1.85. The Morgan fingerprint density at radius 2 is 1.97 bits per heavy atom. The molecule has 0 saturated carbocycles. The van der Waals surface area contributed by atoms with E-state index in [1.54, 1.807) is 16.8 Å². The average molecular weight is 432 g/mol. The molecule has 0 bridgehead atoms. The molecule has 0 saturated heterocycles. The van der Waals surface area contributed by atoms with E-state index in [1.165, 1.54) is 6.33 Å². The lowest BCUT2D eigenvalue weighted by Crippen LogP contribution is -2.32. The first-order valence-corrected chi connectivity index (χ1v) is 10.4. The van der Waals surface area contributed by atoms with E-state index >= 15 is 0 Å². The van der Waals surface area contributed by atoms with Gasteiger partial charge in [-0.3, -0.25) is 0 Å². The normalized spacial score (nSPS) is 21.6. The van der Waals surface area contributed by atoms with Crippen molar-refractivity contribution in [3.63, 3.8) is 0 Å². The average Bonchev–Trinajstić information content (AvgIpc) is 3.35. The van der Waals surface area contributed by atoms with Crippen molar-refractivity contribution in [3.05, 3.63) is 60.6 Å². The van der Waals surface area contributed by atoms with Gasteiger partial charge in [-0.15, -0.1) is 0 Å². The van der Waals surface area contributed by atoms with E-state index in [2.05, 4.69) is 20.3 Å². The molecule has 3 aromatic heterocycles. The third-order valence-corrected chi connectivity index (χ3v) is 5.94. The number of fused-ring (bicyclic) bond motifs is 2. The van der Waals surface area contributed by atoms with Gasteiger partial charge in [0.25, 0.3) is 0 Å². The monoisotopic (exact) mass is 432 g/mol. The summed E-state index contributed by atoms with van der Waals surface area (Å²) in [5.74, 6) is 1.77. The first-order valence-electron chi connectivity index (χ1n) is 10.4. The maximum atomic E-state index is 10.8. The van der Waals surface area contributed by atoms with Crippen LogP contribution in [0.3, 0.4) is 0 Å². The highest BCUT2D eigenvalue weighted by molar-refractivity contribution is 5.86. The van der Waals surface area contributed by atoms with Crippen molar-refractivity contribution in [3.8, 4) is 5.75 Å². The first-order chi connectivity index (χ1) is 15.5. The molecular weight excluding hydrogens is 408 g/mol. The fraction of sp³-hybridized carbons (Fsp3) is 0.261. The summed E-state index contributed by atoms with van der Waals surface area (Å²) in [5, 5.41) is 26.3. The number of hydrogen-bond acceptors (Lipinski definition) is 8. The number of nitrogens with one attached hydrogen (secondary N) is 1. The Bertz CT molecular complexity index is 1330. The predicted octanol–water partition coefficient (Wildman–Crippen LogP) is 2.27. The molecule has 4 aromatic rings. The molecule has 0 aliphatic heterocycles. The Balaban J connectivity index is 1.43. The molecule has 1 aliphatic rings. The molecule has 1 aliphatic carbocycles. The van der Waals surface area contributed by atoms with Crippen LogP contribution in [-0.2, 0) is 0 Å². The van der Waals surface area contributed by atoms with Crippen LogP contribution in [0.4, 0.5) is 11.6 Å². The van der Waals surface area contributed by atoms with Crippen molar-refractivity contribution in [1.29, 1.82) is 0 Å². The van der Waals surface area contributed by atoms with E-state index < -0.39 is 24.4 Å². The van der Waals surface area contributed by atoms with Crippen LogP contribution in [0.25, 0.3) is 21.9 Å². The molecule has 32 heavy (non-hydrogen) atoms. The van der Waals surface area contributed by atoms with Crippen molar-refractivity contribution in [2.75, 3.05) is 18.1 Å². The number of benzene rings is 1. The zero-order valence-corrected chi connectivity index (χ0v) is 17.7. The molecule has 1 aromatic carbocycles. The molecule has 164 valence electrons. The minimum Gasteiger partial charge on any atom is -0.486 e. The zero-order chi connectivity index (χ0) is 22.4. The van der Waals surface area contributed by atoms with Crippen LogP contribution in [-0.4, -0.2) is 55.1 Å². The standard InChI is InChI=1S/C23H24N6O3/c1-12(32-14-5-3-13-4-6-19(25-2)28-17(13)9-14)16-10-18(21(31)20(16)30)29-8-7-15-22(24)26-11-27-23(15)29/h3-12,18,20-21,30-31H,1-2H3,(H,25,28)(H2,24,26,27). The van der Waals surface area contributed by atoms with Gasteiger partial charge in [0.05, 0.1) is 16.9 Å². The summed E-state index contributed by atoms with van der Waals surface area (Å²) < 4.78 is 7.91.